The molecule has 0 saturated carbocycles. The van der Waals surface area contributed by atoms with Gasteiger partial charge >= 0.3 is 5.97 Å². The zero-order valence-electron chi connectivity index (χ0n) is 13.5. The van der Waals surface area contributed by atoms with Gasteiger partial charge in [-0.1, -0.05) is 34.6 Å². The molecule has 20 heavy (non-hydrogen) atoms. The summed E-state index contributed by atoms with van der Waals surface area (Å²) < 4.78 is 0. The van der Waals surface area contributed by atoms with Crippen LogP contribution in [0.25, 0.3) is 0 Å². The molecule has 2 atom stereocenters. The Labute approximate surface area is 122 Å². The molecule has 4 nitrogen and oxygen atoms in total. The third kappa shape index (κ3) is 4.22. The zero-order chi connectivity index (χ0) is 15.6. The average Bonchev–Trinajstić information content (AvgIpc) is 2.71. The van der Waals surface area contributed by atoms with Crippen LogP contribution in [-0.2, 0) is 9.59 Å². The van der Waals surface area contributed by atoms with Crippen molar-refractivity contribution in [2.75, 3.05) is 13.1 Å². The molecule has 1 amide bonds. The largest absolute Gasteiger partial charge is 0.481 e. The molecule has 4 heteroatoms. The summed E-state index contributed by atoms with van der Waals surface area (Å²) in [7, 11) is 0. The van der Waals surface area contributed by atoms with Crippen LogP contribution in [0.2, 0.25) is 0 Å². The van der Waals surface area contributed by atoms with E-state index in [1.54, 1.807) is 4.90 Å². The number of hydrogen-bond donors (Lipinski definition) is 1. The highest BCUT2D eigenvalue weighted by Crippen LogP contribution is 2.35. The molecule has 1 fully saturated rings. The minimum Gasteiger partial charge on any atom is -0.481 e. The van der Waals surface area contributed by atoms with Gasteiger partial charge in [0.2, 0.25) is 5.91 Å². The summed E-state index contributed by atoms with van der Waals surface area (Å²) in [6.45, 7) is 11.5. The van der Waals surface area contributed by atoms with Crippen molar-refractivity contribution in [1.82, 2.24) is 4.90 Å². The van der Waals surface area contributed by atoms with E-state index in [4.69, 9.17) is 0 Å². The first kappa shape index (κ1) is 17.0. The Morgan fingerprint density at radius 2 is 1.95 bits per heavy atom. The summed E-state index contributed by atoms with van der Waals surface area (Å²) >= 11 is 0. The van der Waals surface area contributed by atoms with E-state index in [1.807, 2.05) is 6.92 Å². The maximum atomic E-state index is 12.3. The van der Waals surface area contributed by atoms with Crippen molar-refractivity contribution in [3.05, 3.63) is 0 Å². The molecule has 1 rings (SSSR count). The lowest BCUT2D eigenvalue weighted by Crippen LogP contribution is -2.37. The summed E-state index contributed by atoms with van der Waals surface area (Å²) in [5.74, 6) is -0.319. The molecule has 0 aliphatic carbocycles. The second kappa shape index (κ2) is 6.15. The molecule has 1 saturated heterocycles. The number of likely N-dealkylation sites (tertiary alicyclic amines) is 1. The molecule has 0 aromatic carbocycles. The average molecular weight is 283 g/mol. The fourth-order valence-corrected chi connectivity index (χ4v) is 3.24. The Balaban J connectivity index is 2.56. The van der Waals surface area contributed by atoms with E-state index in [2.05, 4.69) is 27.7 Å². The predicted molar refractivity (Wildman–Crippen MR) is 79.4 cm³/mol. The van der Waals surface area contributed by atoms with E-state index in [0.717, 1.165) is 6.42 Å². The number of aliphatic carboxylic acids is 1. The van der Waals surface area contributed by atoms with Gasteiger partial charge in [-0.15, -0.1) is 0 Å². The fraction of sp³-hybridized carbons (Fsp3) is 0.875. The third-order valence-corrected chi connectivity index (χ3v) is 4.32. The van der Waals surface area contributed by atoms with Crippen LogP contribution in [0, 0.1) is 16.7 Å². The molecule has 116 valence electrons. The number of nitrogens with zero attached hydrogens (tertiary/aromatic N) is 1. The summed E-state index contributed by atoms with van der Waals surface area (Å²) in [6.07, 6.45) is 2.70. The van der Waals surface area contributed by atoms with Gasteiger partial charge in [0.15, 0.2) is 0 Å². The van der Waals surface area contributed by atoms with Crippen LogP contribution in [-0.4, -0.2) is 35.0 Å². The van der Waals surface area contributed by atoms with E-state index in [-0.39, 0.29) is 11.3 Å². The van der Waals surface area contributed by atoms with E-state index < -0.39 is 11.4 Å². The standard InChI is InChI=1S/C16H29NO3/c1-6-16(14(19)20)7-8-17(11-16)13(18)9-12(2)10-15(3,4)5/h12H,6-11H2,1-5H3,(H,19,20). The Kier molecular flexibility index (Phi) is 5.22. The van der Waals surface area contributed by atoms with Crippen LogP contribution in [0.4, 0.5) is 0 Å². The maximum Gasteiger partial charge on any atom is 0.311 e. The maximum absolute atomic E-state index is 12.3. The second-order valence-corrected chi connectivity index (χ2v) is 7.58. The molecule has 1 aliphatic rings. The van der Waals surface area contributed by atoms with Gasteiger partial charge in [-0.05, 0) is 30.6 Å². The van der Waals surface area contributed by atoms with E-state index in [9.17, 15) is 14.7 Å². The lowest BCUT2D eigenvalue weighted by molar-refractivity contribution is -0.148. The Morgan fingerprint density at radius 3 is 2.35 bits per heavy atom. The Bertz CT molecular complexity index is 372. The second-order valence-electron chi connectivity index (χ2n) is 7.58. The van der Waals surface area contributed by atoms with Gasteiger partial charge in [-0.2, -0.15) is 0 Å². The molecular weight excluding hydrogens is 254 g/mol. The van der Waals surface area contributed by atoms with Crippen molar-refractivity contribution in [2.45, 2.75) is 60.3 Å². The predicted octanol–water partition coefficient (Wildman–Crippen LogP) is 3.16. The number of carbonyl (C=O) groups is 2. The van der Waals surface area contributed by atoms with E-state index in [1.165, 1.54) is 0 Å². The molecule has 1 N–H and O–H groups in total. The molecule has 0 aromatic rings. The smallest absolute Gasteiger partial charge is 0.311 e. The van der Waals surface area contributed by atoms with Gasteiger partial charge in [0.05, 0.1) is 5.41 Å². The van der Waals surface area contributed by atoms with Crippen LogP contribution >= 0.6 is 0 Å². The molecule has 2 unspecified atom stereocenters. The third-order valence-electron chi connectivity index (χ3n) is 4.32. The summed E-state index contributed by atoms with van der Waals surface area (Å²) in [4.78, 5) is 25.4. The summed E-state index contributed by atoms with van der Waals surface area (Å²) in [6, 6.07) is 0. The fourth-order valence-electron chi connectivity index (χ4n) is 3.24. The molecule has 0 spiro atoms. The first-order chi connectivity index (χ1) is 9.09. The summed E-state index contributed by atoms with van der Waals surface area (Å²) in [5.41, 5.74) is -0.498. The molecule has 1 heterocycles. The first-order valence-electron chi connectivity index (χ1n) is 7.61. The number of amides is 1. The Hall–Kier alpha value is -1.06. The van der Waals surface area contributed by atoms with Crippen molar-refractivity contribution in [2.24, 2.45) is 16.7 Å². The molecule has 0 aromatic heterocycles. The van der Waals surface area contributed by atoms with Crippen LogP contribution in [0.15, 0.2) is 0 Å². The molecule has 0 bridgehead atoms. The van der Waals surface area contributed by atoms with Gasteiger partial charge in [-0.3, -0.25) is 9.59 Å². The molecule has 0 radical (unpaired) electrons. The molecule has 1 aliphatic heterocycles. The van der Waals surface area contributed by atoms with Gasteiger partial charge in [0.1, 0.15) is 0 Å². The number of carboxylic acids is 1. The Morgan fingerprint density at radius 1 is 1.35 bits per heavy atom. The zero-order valence-corrected chi connectivity index (χ0v) is 13.5. The molecular formula is C16H29NO3. The highest BCUT2D eigenvalue weighted by molar-refractivity contribution is 5.80. The van der Waals surface area contributed by atoms with Crippen molar-refractivity contribution in [1.29, 1.82) is 0 Å². The monoisotopic (exact) mass is 283 g/mol. The van der Waals surface area contributed by atoms with Crippen molar-refractivity contribution >= 4 is 11.9 Å². The normalized spacial score (nSPS) is 24.8. The van der Waals surface area contributed by atoms with Crippen LogP contribution in [0.5, 0.6) is 0 Å². The van der Waals surface area contributed by atoms with Crippen LogP contribution in [0.3, 0.4) is 0 Å². The summed E-state index contributed by atoms with van der Waals surface area (Å²) in [5, 5.41) is 9.36. The lowest BCUT2D eigenvalue weighted by atomic mass is 9.83. The van der Waals surface area contributed by atoms with Gasteiger partial charge in [0.25, 0.3) is 0 Å². The first-order valence-corrected chi connectivity index (χ1v) is 7.61. The van der Waals surface area contributed by atoms with Crippen molar-refractivity contribution in [3.63, 3.8) is 0 Å². The lowest BCUT2D eigenvalue weighted by Gasteiger charge is -2.26. The van der Waals surface area contributed by atoms with Crippen molar-refractivity contribution in [3.8, 4) is 0 Å². The topological polar surface area (TPSA) is 57.6 Å². The van der Waals surface area contributed by atoms with Gasteiger partial charge in [0, 0.05) is 19.5 Å². The van der Waals surface area contributed by atoms with E-state index >= 15 is 0 Å². The minimum absolute atomic E-state index is 0.110. The highest BCUT2D eigenvalue weighted by atomic mass is 16.4. The number of rotatable bonds is 5. The number of hydrogen-bond acceptors (Lipinski definition) is 2. The quantitative estimate of drug-likeness (QED) is 0.843. The highest BCUT2D eigenvalue weighted by Gasteiger charge is 2.44. The minimum atomic E-state index is -0.766. The van der Waals surface area contributed by atoms with Gasteiger partial charge in [-0.25, -0.2) is 0 Å². The number of carboxylic acid groups (broad SMARTS) is 1. The van der Waals surface area contributed by atoms with Crippen LogP contribution < -0.4 is 0 Å². The van der Waals surface area contributed by atoms with Crippen molar-refractivity contribution < 1.29 is 14.7 Å². The van der Waals surface area contributed by atoms with Crippen LogP contribution in [0.1, 0.15) is 60.3 Å². The SMILES string of the molecule is CCC1(C(=O)O)CCN(C(=O)CC(C)CC(C)(C)C)C1. The van der Waals surface area contributed by atoms with Gasteiger partial charge < -0.3 is 10.0 Å². The van der Waals surface area contributed by atoms with E-state index in [0.29, 0.717) is 38.3 Å². The number of carbonyl (C=O) groups excluding carboxylic acids is 1.